The molecule has 0 spiro atoms. The van der Waals surface area contributed by atoms with E-state index in [2.05, 4.69) is 38.2 Å². The zero-order chi connectivity index (χ0) is 15.4. The minimum Gasteiger partial charge on any atom is -0.334 e. The molecule has 3 nitrogen and oxygen atoms in total. The summed E-state index contributed by atoms with van der Waals surface area (Å²) in [6.07, 6.45) is 1.94. The molecule has 1 fully saturated rings. The van der Waals surface area contributed by atoms with Gasteiger partial charge in [0.2, 0.25) is 5.91 Å². The normalized spacial score (nSPS) is 25.6. The van der Waals surface area contributed by atoms with Gasteiger partial charge in [-0.2, -0.15) is 0 Å². The predicted molar refractivity (Wildman–Crippen MR) is 87.7 cm³/mol. The van der Waals surface area contributed by atoms with E-state index in [1.807, 2.05) is 13.0 Å². The minimum atomic E-state index is 0.141. The molecule has 0 saturated carbocycles. The monoisotopic (exact) mass is 289 g/mol. The summed E-state index contributed by atoms with van der Waals surface area (Å²) in [6, 6.07) is 6.18. The maximum Gasteiger partial charge on any atom is 0.230 e. The van der Waals surface area contributed by atoms with Crippen LogP contribution in [-0.2, 0) is 4.79 Å². The Bertz CT molecular complexity index is 488. The number of quaternary nitrogens is 1. The number of anilines is 1. The lowest BCUT2D eigenvalue weighted by molar-refractivity contribution is -0.911. The van der Waals surface area contributed by atoms with Crippen LogP contribution < -0.4 is 10.2 Å². The van der Waals surface area contributed by atoms with Crippen molar-refractivity contribution in [2.24, 2.45) is 11.8 Å². The summed E-state index contributed by atoms with van der Waals surface area (Å²) in [4.78, 5) is 13.7. The molecule has 0 aromatic heterocycles. The Labute approximate surface area is 128 Å². The van der Waals surface area contributed by atoms with Gasteiger partial charge in [0, 0.05) is 17.5 Å². The van der Waals surface area contributed by atoms with E-state index in [-0.39, 0.29) is 5.91 Å². The molecule has 1 aromatic rings. The number of carbonyl (C=O) groups is 1. The molecular weight excluding hydrogens is 260 g/mol. The van der Waals surface area contributed by atoms with Gasteiger partial charge in [-0.3, -0.25) is 4.79 Å². The Hall–Kier alpha value is -1.35. The summed E-state index contributed by atoms with van der Waals surface area (Å²) >= 11 is 0. The molecular formula is C18H29N2O+. The third kappa shape index (κ3) is 4.85. The molecule has 1 aliphatic heterocycles. The first-order valence-corrected chi connectivity index (χ1v) is 8.14. The van der Waals surface area contributed by atoms with Crippen LogP contribution in [0.1, 0.15) is 37.8 Å². The molecule has 3 heteroatoms. The molecule has 0 aliphatic carbocycles. The van der Waals surface area contributed by atoms with Crippen molar-refractivity contribution in [3.05, 3.63) is 29.3 Å². The van der Waals surface area contributed by atoms with E-state index < -0.39 is 0 Å². The highest BCUT2D eigenvalue weighted by atomic mass is 16.1. The van der Waals surface area contributed by atoms with Gasteiger partial charge in [0.05, 0.1) is 26.1 Å². The van der Waals surface area contributed by atoms with E-state index in [0.717, 1.165) is 29.6 Å². The number of nitrogens with one attached hydrogen (secondary N) is 2. The van der Waals surface area contributed by atoms with Gasteiger partial charge < -0.3 is 10.2 Å². The van der Waals surface area contributed by atoms with Gasteiger partial charge >= 0.3 is 0 Å². The van der Waals surface area contributed by atoms with Gasteiger partial charge in [0.25, 0.3) is 0 Å². The number of rotatable bonds is 4. The fraction of sp³-hybridized carbons (Fsp3) is 0.611. The van der Waals surface area contributed by atoms with Gasteiger partial charge in [-0.05, 0) is 37.5 Å². The summed E-state index contributed by atoms with van der Waals surface area (Å²) < 4.78 is 0. The van der Waals surface area contributed by atoms with E-state index in [1.165, 1.54) is 25.1 Å². The second-order valence-electron chi connectivity index (χ2n) is 6.97. The molecule has 1 unspecified atom stereocenters. The average Bonchev–Trinajstić information content (AvgIpc) is 2.40. The Morgan fingerprint density at radius 2 is 1.90 bits per heavy atom. The summed E-state index contributed by atoms with van der Waals surface area (Å²) in [7, 11) is 0. The number of amides is 1. The smallest absolute Gasteiger partial charge is 0.230 e. The van der Waals surface area contributed by atoms with Crippen LogP contribution in [0.4, 0.5) is 5.69 Å². The van der Waals surface area contributed by atoms with Crippen LogP contribution in [0, 0.1) is 25.7 Å². The van der Waals surface area contributed by atoms with Crippen molar-refractivity contribution in [3.8, 4) is 0 Å². The summed E-state index contributed by atoms with van der Waals surface area (Å²) in [6.45, 7) is 12.1. The summed E-state index contributed by atoms with van der Waals surface area (Å²) in [5, 5.41) is 3.06. The van der Waals surface area contributed by atoms with Crippen LogP contribution in [0.2, 0.25) is 0 Å². The van der Waals surface area contributed by atoms with E-state index in [4.69, 9.17) is 0 Å². The number of hydrogen-bond donors (Lipinski definition) is 2. The number of carbonyl (C=O) groups excluding carboxylic acids is 1. The van der Waals surface area contributed by atoms with Crippen LogP contribution in [0.3, 0.4) is 0 Å². The molecule has 2 rings (SSSR count). The standard InChI is InChI=1S/C18H28N2O/c1-13-5-6-16(4)17(10-13)19-18(21)7-8-20-11-14(2)9-15(3)12-20/h5-6,10,14-15H,7-9,11-12H2,1-4H3,(H,19,21)/p+1/t14-,15+. The fourth-order valence-electron chi connectivity index (χ4n) is 3.50. The van der Waals surface area contributed by atoms with Gasteiger partial charge in [-0.25, -0.2) is 0 Å². The molecule has 21 heavy (non-hydrogen) atoms. The van der Waals surface area contributed by atoms with Crippen LogP contribution in [0.5, 0.6) is 0 Å². The second kappa shape index (κ2) is 7.08. The quantitative estimate of drug-likeness (QED) is 0.875. The van der Waals surface area contributed by atoms with Crippen LogP contribution in [0.15, 0.2) is 18.2 Å². The third-order valence-corrected chi connectivity index (χ3v) is 4.45. The average molecular weight is 289 g/mol. The first kappa shape index (κ1) is 16.0. The van der Waals surface area contributed by atoms with Crippen LogP contribution >= 0.6 is 0 Å². The van der Waals surface area contributed by atoms with Crippen molar-refractivity contribution < 1.29 is 9.69 Å². The van der Waals surface area contributed by atoms with E-state index >= 15 is 0 Å². The van der Waals surface area contributed by atoms with Crippen molar-refractivity contribution in [1.82, 2.24) is 0 Å². The third-order valence-electron chi connectivity index (χ3n) is 4.45. The van der Waals surface area contributed by atoms with Crippen molar-refractivity contribution >= 4 is 11.6 Å². The number of aryl methyl sites for hydroxylation is 2. The minimum absolute atomic E-state index is 0.141. The lowest BCUT2D eigenvalue weighted by Crippen LogP contribution is -3.14. The Morgan fingerprint density at radius 1 is 1.24 bits per heavy atom. The van der Waals surface area contributed by atoms with Crippen molar-refractivity contribution in [3.63, 3.8) is 0 Å². The maximum atomic E-state index is 12.2. The maximum absolute atomic E-state index is 12.2. The van der Waals surface area contributed by atoms with Crippen molar-refractivity contribution in [2.75, 3.05) is 25.0 Å². The SMILES string of the molecule is Cc1ccc(C)c(NC(=O)CC[NH+]2C[C@H](C)C[C@H](C)C2)c1. The summed E-state index contributed by atoms with van der Waals surface area (Å²) in [5.74, 6) is 1.71. The lowest BCUT2D eigenvalue weighted by Gasteiger charge is -2.31. The number of benzene rings is 1. The van der Waals surface area contributed by atoms with Crippen LogP contribution in [0.25, 0.3) is 0 Å². The molecule has 3 atom stereocenters. The highest BCUT2D eigenvalue weighted by Gasteiger charge is 2.25. The van der Waals surface area contributed by atoms with Gasteiger partial charge in [0.1, 0.15) is 0 Å². The molecule has 1 amide bonds. The Kier molecular flexibility index (Phi) is 5.40. The number of likely N-dealkylation sites (tertiary alicyclic amines) is 1. The molecule has 0 radical (unpaired) electrons. The first-order valence-electron chi connectivity index (χ1n) is 8.14. The van der Waals surface area contributed by atoms with E-state index in [9.17, 15) is 4.79 Å². The Balaban J connectivity index is 1.83. The Morgan fingerprint density at radius 3 is 2.57 bits per heavy atom. The molecule has 1 aliphatic rings. The lowest BCUT2D eigenvalue weighted by atomic mass is 9.92. The van der Waals surface area contributed by atoms with Gasteiger partial charge in [-0.1, -0.05) is 26.0 Å². The molecule has 1 aromatic carbocycles. The van der Waals surface area contributed by atoms with Gasteiger partial charge in [0.15, 0.2) is 0 Å². The van der Waals surface area contributed by atoms with Crippen molar-refractivity contribution in [1.29, 1.82) is 0 Å². The number of piperidine rings is 1. The largest absolute Gasteiger partial charge is 0.334 e. The fourth-order valence-corrected chi connectivity index (χ4v) is 3.50. The highest BCUT2D eigenvalue weighted by molar-refractivity contribution is 5.91. The molecule has 2 N–H and O–H groups in total. The molecule has 0 bridgehead atoms. The van der Waals surface area contributed by atoms with Crippen molar-refractivity contribution in [2.45, 2.75) is 40.5 Å². The topological polar surface area (TPSA) is 33.5 Å². The zero-order valence-electron chi connectivity index (χ0n) is 13.8. The van der Waals surface area contributed by atoms with E-state index in [0.29, 0.717) is 6.42 Å². The zero-order valence-corrected chi connectivity index (χ0v) is 13.8. The molecule has 1 saturated heterocycles. The van der Waals surface area contributed by atoms with Gasteiger partial charge in [-0.15, -0.1) is 0 Å². The molecule has 116 valence electrons. The number of hydrogen-bond acceptors (Lipinski definition) is 1. The van der Waals surface area contributed by atoms with E-state index in [1.54, 1.807) is 4.90 Å². The van der Waals surface area contributed by atoms with Crippen LogP contribution in [-0.4, -0.2) is 25.5 Å². The highest BCUT2D eigenvalue weighted by Crippen LogP contribution is 2.16. The second-order valence-corrected chi connectivity index (χ2v) is 6.97. The predicted octanol–water partition coefficient (Wildman–Crippen LogP) is 2.19. The molecule has 1 heterocycles. The first-order chi connectivity index (χ1) is 9.94. The summed E-state index contributed by atoms with van der Waals surface area (Å²) in [5.41, 5.74) is 3.26.